The second-order valence-corrected chi connectivity index (χ2v) is 8.48. The third kappa shape index (κ3) is 6.31. The van der Waals surface area contributed by atoms with Crippen LogP contribution in [0.25, 0.3) is 0 Å². The normalized spacial score (nSPS) is 19.4. The number of benzene rings is 2. The van der Waals surface area contributed by atoms with Gasteiger partial charge in [0.05, 0.1) is 12.7 Å². The number of nitrogens with one attached hydrogen (secondary N) is 2. The van der Waals surface area contributed by atoms with Crippen molar-refractivity contribution < 1.29 is 14.3 Å². The van der Waals surface area contributed by atoms with Gasteiger partial charge in [-0.1, -0.05) is 36.4 Å². The third-order valence-electron chi connectivity index (χ3n) is 5.97. The predicted octanol–water partition coefficient (Wildman–Crippen LogP) is 3.34. The first kappa shape index (κ1) is 22.3. The SMILES string of the molecule is O=C(NCC1CN(Cc2ccccc2)CCO1)Nc1cccc(C(=O)N2CCCCC2)c1. The van der Waals surface area contributed by atoms with Gasteiger partial charge in [-0.25, -0.2) is 4.79 Å². The van der Waals surface area contributed by atoms with Gasteiger partial charge in [0.25, 0.3) is 5.91 Å². The molecular weight excluding hydrogens is 404 g/mol. The molecule has 2 N–H and O–H groups in total. The first-order valence-electron chi connectivity index (χ1n) is 11.5. The van der Waals surface area contributed by atoms with Crippen LogP contribution in [0.3, 0.4) is 0 Å². The summed E-state index contributed by atoms with van der Waals surface area (Å²) in [5.41, 5.74) is 2.50. The molecule has 7 nitrogen and oxygen atoms in total. The monoisotopic (exact) mass is 436 g/mol. The van der Waals surface area contributed by atoms with E-state index < -0.39 is 0 Å². The summed E-state index contributed by atoms with van der Waals surface area (Å²) in [5.74, 6) is 0.0304. The second kappa shape index (κ2) is 11.1. The Labute approximate surface area is 189 Å². The maximum atomic E-state index is 12.7. The molecule has 2 aliphatic rings. The van der Waals surface area contributed by atoms with Gasteiger partial charge in [0.15, 0.2) is 0 Å². The molecule has 32 heavy (non-hydrogen) atoms. The number of amides is 3. The lowest BCUT2D eigenvalue weighted by Gasteiger charge is -2.33. The standard InChI is InChI=1S/C25H32N4O3/c30-24(29-12-5-2-6-13-29)21-10-7-11-22(16-21)27-25(31)26-17-23-19-28(14-15-32-23)18-20-8-3-1-4-9-20/h1,3-4,7-11,16,23H,2,5-6,12-15,17-19H2,(H2,26,27,31). The fraction of sp³-hybridized carbons (Fsp3) is 0.440. The Morgan fingerprint density at radius 2 is 1.78 bits per heavy atom. The molecule has 2 aromatic rings. The van der Waals surface area contributed by atoms with Crippen LogP contribution < -0.4 is 10.6 Å². The smallest absolute Gasteiger partial charge is 0.319 e. The highest BCUT2D eigenvalue weighted by Gasteiger charge is 2.21. The minimum atomic E-state index is -0.295. The highest BCUT2D eigenvalue weighted by molar-refractivity contribution is 5.97. The lowest BCUT2D eigenvalue weighted by molar-refractivity contribution is -0.0285. The number of anilines is 1. The molecule has 1 unspecified atom stereocenters. The zero-order valence-corrected chi connectivity index (χ0v) is 18.5. The summed E-state index contributed by atoms with van der Waals surface area (Å²) in [5, 5.41) is 5.74. The van der Waals surface area contributed by atoms with Crippen molar-refractivity contribution in [2.24, 2.45) is 0 Å². The first-order valence-corrected chi connectivity index (χ1v) is 11.5. The van der Waals surface area contributed by atoms with Crippen LogP contribution >= 0.6 is 0 Å². The number of urea groups is 1. The van der Waals surface area contributed by atoms with Crippen molar-refractivity contribution in [3.05, 3.63) is 65.7 Å². The van der Waals surface area contributed by atoms with Crippen LogP contribution in [0.15, 0.2) is 54.6 Å². The number of hydrogen-bond acceptors (Lipinski definition) is 4. The fourth-order valence-electron chi connectivity index (χ4n) is 4.28. The molecular formula is C25H32N4O3. The molecule has 0 bridgehead atoms. The van der Waals surface area contributed by atoms with Crippen LogP contribution in [0.1, 0.15) is 35.2 Å². The van der Waals surface area contributed by atoms with Crippen molar-refractivity contribution in [1.82, 2.24) is 15.1 Å². The number of likely N-dealkylation sites (tertiary alicyclic amines) is 1. The van der Waals surface area contributed by atoms with Gasteiger partial charge in [-0.15, -0.1) is 0 Å². The Hall–Kier alpha value is -2.90. The Bertz CT molecular complexity index is 899. The van der Waals surface area contributed by atoms with Crippen LogP contribution in [0.4, 0.5) is 10.5 Å². The zero-order chi connectivity index (χ0) is 22.2. The van der Waals surface area contributed by atoms with Crippen molar-refractivity contribution in [2.45, 2.75) is 31.9 Å². The number of nitrogens with zero attached hydrogens (tertiary/aromatic N) is 2. The van der Waals surface area contributed by atoms with E-state index in [0.717, 1.165) is 45.6 Å². The van der Waals surface area contributed by atoms with Gasteiger partial charge in [0, 0.05) is 50.5 Å². The third-order valence-corrected chi connectivity index (χ3v) is 5.97. The Kier molecular flexibility index (Phi) is 7.74. The van der Waals surface area contributed by atoms with Gasteiger partial charge in [0.1, 0.15) is 0 Å². The van der Waals surface area contributed by atoms with E-state index >= 15 is 0 Å². The van der Waals surface area contributed by atoms with Gasteiger partial charge in [-0.05, 0) is 43.0 Å². The number of rotatable bonds is 6. The van der Waals surface area contributed by atoms with E-state index in [1.165, 1.54) is 12.0 Å². The van der Waals surface area contributed by atoms with Crippen LogP contribution in [0, 0.1) is 0 Å². The molecule has 4 rings (SSSR count). The molecule has 2 heterocycles. The largest absolute Gasteiger partial charge is 0.374 e. The van der Waals surface area contributed by atoms with E-state index in [0.29, 0.717) is 24.4 Å². The highest BCUT2D eigenvalue weighted by atomic mass is 16.5. The molecule has 2 aliphatic heterocycles. The van der Waals surface area contributed by atoms with Gasteiger partial charge in [-0.3, -0.25) is 9.69 Å². The minimum Gasteiger partial charge on any atom is -0.374 e. The molecule has 2 saturated heterocycles. The molecule has 0 aromatic heterocycles. The lowest BCUT2D eigenvalue weighted by atomic mass is 10.1. The fourth-order valence-corrected chi connectivity index (χ4v) is 4.28. The maximum absolute atomic E-state index is 12.7. The predicted molar refractivity (Wildman–Crippen MR) is 125 cm³/mol. The lowest BCUT2D eigenvalue weighted by Crippen LogP contribution is -2.47. The van der Waals surface area contributed by atoms with Crippen molar-refractivity contribution in [3.8, 4) is 0 Å². The number of carbonyl (C=O) groups is 2. The number of carbonyl (C=O) groups excluding carboxylic acids is 2. The number of hydrogen-bond donors (Lipinski definition) is 2. The van der Waals surface area contributed by atoms with Crippen LogP contribution in [0.2, 0.25) is 0 Å². The van der Waals surface area contributed by atoms with Crippen LogP contribution in [-0.2, 0) is 11.3 Å². The van der Waals surface area contributed by atoms with Gasteiger partial charge < -0.3 is 20.3 Å². The summed E-state index contributed by atoms with van der Waals surface area (Å²) < 4.78 is 5.83. The molecule has 0 aliphatic carbocycles. The van der Waals surface area contributed by atoms with E-state index in [2.05, 4.69) is 27.7 Å². The molecule has 3 amide bonds. The van der Waals surface area contributed by atoms with Crippen molar-refractivity contribution >= 4 is 17.6 Å². The van der Waals surface area contributed by atoms with Gasteiger partial charge in [0.2, 0.25) is 0 Å². The number of ether oxygens (including phenoxy) is 1. The summed E-state index contributed by atoms with van der Waals surface area (Å²) in [6.45, 7) is 5.24. The zero-order valence-electron chi connectivity index (χ0n) is 18.5. The minimum absolute atomic E-state index is 0.0304. The topological polar surface area (TPSA) is 73.9 Å². The quantitative estimate of drug-likeness (QED) is 0.729. The van der Waals surface area contributed by atoms with Crippen LogP contribution in [0.5, 0.6) is 0 Å². The first-order chi connectivity index (χ1) is 15.7. The molecule has 2 fully saturated rings. The molecule has 1 atom stereocenters. The molecule has 0 spiro atoms. The number of piperidine rings is 1. The van der Waals surface area contributed by atoms with E-state index in [1.54, 1.807) is 24.3 Å². The number of morpholine rings is 1. The van der Waals surface area contributed by atoms with Crippen molar-refractivity contribution in [3.63, 3.8) is 0 Å². The Morgan fingerprint density at radius 3 is 2.59 bits per heavy atom. The molecule has 170 valence electrons. The molecule has 7 heteroatoms. The van der Waals surface area contributed by atoms with Crippen LogP contribution in [-0.4, -0.2) is 67.2 Å². The highest BCUT2D eigenvalue weighted by Crippen LogP contribution is 2.16. The summed E-state index contributed by atoms with van der Waals surface area (Å²) in [6, 6.07) is 17.2. The summed E-state index contributed by atoms with van der Waals surface area (Å²) in [4.78, 5) is 29.4. The van der Waals surface area contributed by atoms with Gasteiger partial charge in [-0.2, -0.15) is 0 Å². The molecule has 0 saturated carbocycles. The summed E-state index contributed by atoms with van der Waals surface area (Å²) in [6.07, 6.45) is 3.24. The van der Waals surface area contributed by atoms with E-state index in [1.807, 2.05) is 23.1 Å². The van der Waals surface area contributed by atoms with Gasteiger partial charge >= 0.3 is 6.03 Å². The van der Waals surface area contributed by atoms with E-state index in [4.69, 9.17) is 4.74 Å². The Morgan fingerprint density at radius 1 is 0.969 bits per heavy atom. The second-order valence-electron chi connectivity index (χ2n) is 8.48. The average molecular weight is 437 g/mol. The van der Waals surface area contributed by atoms with Crippen molar-refractivity contribution in [1.29, 1.82) is 0 Å². The summed E-state index contributed by atoms with van der Waals surface area (Å²) in [7, 11) is 0. The summed E-state index contributed by atoms with van der Waals surface area (Å²) >= 11 is 0. The molecule has 2 aromatic carbocycles. The molecule has 0 radical (unpaired) electrons. The average Bonchev–Trinajstić information content (AvgIpc) is 2.84. The Balaban J connectivity index is 1.24. The van der Waals surface area contributed by atoms with E-state index in [9.17, 15) is 9.59 Å². The van der Waals surface area contributed by atoms with Crippen molar-refractivity contribution in [2.75, 3.05) is 44.6 Å². The maximum Gasteiger partial charge on any atom is 0.319 e. The van der Waals surface area contributed by atoms with E-state index in [-0.39, 0.29) is 18.0 Å².